The quantitative estimate of drug-likeness (QED) is 0.644. The summed E-state index contributed by atoms with van der Waals surface area (Å²) >= 11 is 0. The second kappa shape index (κ2) is 3.73. The average molecular weight is 241 g/mol. The average Bonchev–Trinajstić information content (AvgIpc) is 2.92. The minimum Gasteiger partial charge on any atom is -0.477 e. The zero-order valence-corrected chi connectivity index (χ0v) is 9.69. The van der Waals surface area contributed by atoms with E-state index in [-0.39, 0.29) is 5.69 Å². The molecule has 0 saturated heterocycles. The van der Waals surface area contributed by atoms with E-state index in [1.807, 2.05) is 24.4 Å². The van der Waals surface area contributed by atoms with E-state index in [4.69, 9.17) is 5.11 Å². The Balaban J connectivity index is 2.20. The molecule has 0 spiro atoms. The number of nitrogens with one attached hydrogen (secondary N) is 2. The minimum absolute atomic E-state index is 0.225. The number of fused-ring (bicyclic) bond motifs is 1. The van der Waals surface area contributed by atoms with Crippen molar-refractivity contribution in [3.8, 4) is 11.3 Å². The fourth-order valence-corrected chi connectivity index (χ4v) is 2.10. The largest absolute Gasteiger partial charge is 0.477 e. The monoisotopic (exact) mass is 241 g/mol. The first kappa shape index (κ1) is 10.6. The summed E-state index contributed by atoms with van der Waals surface area (Å²) in [5.74, 6) is -0.947. The van der Waals surface area contributed by atoms with Gasteiger partial charge in [0.2, 0.25) is 0 Å². The highest BCUT2D eigenvalue weighted by atomic mass is 16.4. The van der Waals surface area contributed by atoms with Gasteiger partial charge < -0.3 is 15.1 Å². The molecule has 0 atom stereocenters. The van der Waals surface area contributed by atoms with Gasteiger partial charge in [0.25, 0.3) is 0 Å². The third-order valence-electron chi connectivity index (χ3n) is 2.97. The predicted octanol–water partition coefficient (Wildman–Crippen LogP) is 2.56. The van der Waals surface area contributed by atoms with Crippen molar-refractivity contribution in [3.05, 3.63) is 41.9 Å². The minimum atomic E-state index is -0.947. The number of aromatic amines is 2. The molecule has 0 unspecified atom stereocenters. The molecule has 0 aliphatic carbocycles. The Labute approximate surface area is 102 Å². The normalized spacial score (nSPS) is 10.9. The van der Waals surface area contributed by atoms with Crippen LogP contribution in [-0.2, 0) is 0 Å². The zero-order valence-electron chi connectivity index (χ0n) is 9.69. The van der Waals surface area contributed by atoms with Crippen molar-refractivity contribution < 1.29 is 9.90 Å². The summed E-state index contributed by atoms with van der Waals surface area (Å²) in [7, 11) is 0. The van der Waals surface area contributed by atoms with Crippen molar-refractivity contribution in [2.24, 2.45) is 0 Å². The fraction of sp³-hybridized carbons (Fsp3) is 0.0769. The van der Waals surface area contributed by atoms with Crippen molar-refractivity contribution in [1.82, 2.24) is 15.0 Å². The van der Waals surface area contributed by atoms with Crippen molar-refractivity contribution in [3.63, 3.8) is 0 Å². The van der Waals surface area contributed by atoms with E-state index < -0.39 is 5.97 Å². The SMILES string of the molecule is Cc1cc(-c2c[nH]c3ncccc23)[nH]c1C(=O)O. The molecular formula is C13H11N3O2. The molecule has 3 aromatic rings. The molecule has 0 bridgehead atoms. The third-order valence-corrected chi connectivity index (χ3v) is 2.97. The van der Waals surface area contributed by atoms with Crippen LogP contribution in [0.25, 0.3) is 22.3 Å². The number of H-pyrrole nitrogens is 2. The third kappa shape index (κ3) is 1.48. The Kier molecular flexibility index (Phi) is 2.19. The van der Waals surface area contributed by atoms with Gasteiger partial charge in [0, 0.05) is 29.0 Å². The number of carbonyl (C=O) groups is 1. The van der Waals surface area contributed by atoms with E-state index in [0.29, 0.717) is 0 Å². The molecule has 0 aliphatic rings. The predicted molar refractivity (Wildman–Crippen MR) is 67.6 cm³/mol. The first-order chi connectivity index (χ1) is 8.66. The number of aromatic nitrogens is 3. The summed E-state index contributed by atoms with van der Waals surface area (Å²) in [4.78, 5) is 21.2. The molecule has 90 valence electrons. The van der Waals surface area contributed by atoms with Crippen LogP contribution in [0.3, 0.4) is 0 Å². The molecule has 0 aromatic carbocycles. The van der Waals surface area contributed by atoms with Gasteiger partial charge in [0.15, 0.2) is 0 Å². The maximum atomic E-state index is 11.0. The van der Waals surface area contributed by atoms with Gasteiger partial charge in [-0.2, -0.15) is 0 Å². The molecule has 3 heterocycles. The van der Waals surface area contributed by atoms with Crippen molar-refractivity contribution in [2.45, 2.75) is 6.92 Å². The van der Waals surface area contributed by atoms with Gasteiger partial charge in [0.05, 0.1) is 0 Å². The van der Waals surface area contributed by atoms with E-state index in [1.54, 1.807) is 13.1 Å². The van der Waals surface area contributed by atoms with Gasteiger partial charge in [-0.05, 0) is 30.7 Å². The summed E-state index contributed by atoms with van der Waals surface area (Å²) < 4.78 is 0. The Morgan fingerprint density at radius 1 is 1.44 bits per heavy atom. The topological polar surface area (TPSA) is 81.8 Å². The molecule has 0 radical (unpaired) electrons. The molecule has 3 aromatic heterocycles. The Hall–Kier alpha value is -2.56. The second-order valence-corrected chi connectivity index (χ2v) is 4.15. The van der Waals surface area contributed by atoms with Gasteiger partial charge in [-0.3, -0.25) is 0 Å². The number of carboxylic acids is 1. The summed E-state index contributed by atoms with van der Waals surface area (Å²) in [5.41, 5.74) is 3.44. The van der Waals surface area contributed by atoms with Crippen molar-refractivity contribution in [1.29, 1.82) is 0 Å². The lowest BCUT2D eigenvalue weighted by Gasteiger charge is -1.94. The van der Waals surface area contributed by atoms with E-state index >= 15 is 0 Å². The Morgan fingerprint density at radius 2 is 2.28 bits per heavy atom. The van der Waals surface area contributed by atoms with Gasteiger partial charge in [-0.1, -0.05) is 0 Å². The molecule has 0 saturated carbocycles. The summed E-state index contributed by atoms with van der Waals surface area (Å²) in [5, 5.41) is 10.0. The highest BCUT2D eigenvalue weighted by Crippen LogP contribution is 2.28. The number of hydrogen-bond acceptors (Lipinski definition) is 2. The first-order valence-electron chi connectivity index (χ1n) is 5.52. The van der Waals surface area contributed by atoms with Crippen LogP contribution in [0, 0.1) is 6.92 Å². The summed E-state index contributed by atoms with van der Waals surface area (Å²) in [6.07, 6.45) is 3.54. The number of nitrogens with zero attached hydrogens (tertiary/aromatic N) is 1. The van der Waals surface area contributed by atoms with Crippen molar-refractivity contribution in [2.75, 3.05) is 0 Å². The van der Waals surface area contributed by atoms with Gasteiger partial charge in [-0.25, -0.2) is 9.78 Å². The van der Waals surface area contributed by atoms with Crippen LogP contribution in [0.2, 0.25) is 0 Å². The molecule has 3 N–H and O–H groups in total. The number of hydrogen-bond donors (Lipinski definition) is 3. The van der Waals surface area contributed by atoms with Crippen LogP contribution in [0.15, 0.2) is 30.6 Å². The van der Waals surface area contributed by atoms with Crippen LogP contribution in [0.5, 0.6) is 0 Å². The number of rotatable bonds is 2. The van der Waals surface area contributed by atoms with Crippen LogP contribution in [-0.4, -0.2) is 26.0 Å². The highest BCUT2D eigenvalue weighted by molar-refractivity contribution is 5.95. The molecule has 5 nitrogen and oxygen atoms in total. The lowest BCUT2D eigenvalue weighted by atomic mass is 10.1. The number of aromatic carboxylic acids is 1. The number of carboxylic acid groups (broad SMARTS) is 1. The van der Waals surface area contributed by atoms with E-state index in [2.05, 4.69) is 15.0 Å². The summed E-state index contributed by atoms with van der Waals surface area (Å²) in [6.45, 7) is 1.77. The first-order valence-corrected chi connectivity index (χ1v) is 5.52. The summed E-state index contributed by atoms with van der Waals surface area (Å²) in [6, 6.07) is 5.64. The maximum absolute atomic E-state index is 11.0. The molecule has 0 aliphatic heterocycles. The molecule has 5 heteroatoms. The highest BCUT2D eigenvalue weighted by Gasteiger charge is 2.14. The molecule has 18 heavy (non-hydrogen) atoms. The van der Waals surface area contributed by atoms with E-state index in [9.17, 15) is 4.79 Å². The Morgan fingerprint density at radius 3 is 3.00 bits per heavy atom. The van der Waals surface area contributed by atoms with E-state index in [1.165, 1.54) is 0 Å². The van der Waals surface area contributed by atoms with Gasteiger partial charge >= 0.3 is 5.97 Å². The molecule has 3 rings (SSSR count). The lowest BCUT2D eigenvalue weighted by Crippen LogP contribution is -1.98. The van der Waals surface area contributed by atoms with Crippen LogP contribution in [0.4, 0.5) is 0 Å². The van der Waals surface area contributed by atoms with Gasteiger partial charge in [-0.15, -0.1) is 0 Å². The second-order valence-electron chi connectivity index (χ2n) is 4.15. The lowest BCUT2D eigenvalue weighted by molar-refractivity contribution is 0.0690. The fourth-order valence-electron chi connectivity index (χ4n) is 2.10. The number of aryl methyl sites for hydroxylation is 1. The standard InChI is InChI=1S/C13H11N3O2/c1-7-5-10(16-11(7)13(17)18)9-6-15-12-8(9)3-2-4-14-12/h2-6,16H,1H3,(H,14,15)(H,17,18). The zero-order chi connectivity index (χ0) is 12.7. The van der Waals surface area contributed by atoms with E-state index in [0.717, 1.165) is 27.9 Å². The van der Waals surface area contributed by atoms with Crippen molar-refractivity contribution >= 4 is 17.0 Å². The molecule has 0 fully saturated rings. The van der Waals surface area contributed by atoms with Crippen LogP contribution >= 0.6 is 0 Å². The molecule has 0 amide bonds. The maximum Gasteiger partial charge on any atom is 0.352 e. The van der Waals surface area contributed by atoms with Crippen LogP contribution < -0.4 is 0 Å². The smallest absolute Gasteiger partial charge is 0.352 e. The number of pyridine rings is 1. The van der Waals surface area contributed by atoms with Gasteiger partial charge in [0.1, 0.15) is 11.3 Å². The Bertz CT molecular complexity index is 740. The molecular weight excluding hydrogens is 230 g/mol. The van der Waals surface area contributed by atoms with Crippen LogP contribution in [0.1, 0.15) is 16.1 Å².